The van der Waals surface area contributed by atoms with Gasteiger partial charge >= 0.3 is 0 Å². The second-order valence-electron chi connectivity index (χ2n) is 6.95. The van der Waals surface area contributed by atoms with E-state index in [1.54, 1.807) is 0 Å². The van der Waals surface area contributed by atoms with Gasteiger partial charge in [0.2, 0.25) is 0 Å². The smallest absolute Gasteiger partial charge is 0.0646 e. The summed E-state index contributed by atoms with van der Waals surface area (Å²) >= 11 is 2.34. The molecule has 150 valence electrons. The predicted molar refractivity (Wildman–Crippen MR) is 134 cm³/mol. The van der Waals surface area contributed by atoms with Gasteiger partial charge in [-0.1, -0.05) is 0 Å². The van der Waals surface area contributed by atoms with Crippen LogP contribution in [-0.2, 0) is 0 Å². The topological polar surface area (TPSA) is 35.5 Å². The zero-order chi connectivity index (χ0) is 20.9. The zero-order valence-electron chi connectivity index (χ0n) is 16.9. The van der Waals surface area contributed by atoms with Crippen LogP contribution < -0.4 is 12.9 Å². The van der Waals surface area contributed by atoms with Crippen LogP contribution in [0.5, 0.6) is 0 Å². The number of pyridine rings is 2. The number of aromatic nitrogens is 2. The Hall–Kier alpha value is -3.13. The summed E-state index contributed by atoms with van der Waals surface area (Å²) in [7, 11) is 4.10. The van der Waals surface area contributed by atoms with Crippen molar-refractivity contribution < 1.29 is 0 Å². The minimum atomic E-state index is 1.05. The summed E-state index contributed by atoms with van der Waals surface area (Å²) in [6, 6.07) is 25.1. The lowest BCUT2D eigenvalue weighted by molar-refractivity contribution is 1.13. The molecule has 30 heavy (non-hydrogen) atoms. The van der Waals surface area contributed by atoms with E-state index in [9.17, 15) is 0 Å². The van der Waals surface area contributed by atoms with Crippen LogP contribution in [0, 0.1) is 0 Å². The average molecular weight is 507 g/mol. The maximum atomic E-state index is 4.15. The van der Waals surface area contributed by atoms with Crippen LogP contribution in [0.25, 0.3) is 0 Å². The first-order chi connectivity index (χ1) is 14.6. The van der Waals surface area contributed by atoms with E-state index in [1.165, 1.54) is 5.69 Å². The summed E-state index contributed by atoms with van der Waals surface area (Å²) < 4.78 is 2.16. The SMILES string of the molecule is CN(C)c1ccc(N(I)c2ccc(N(c3ccncc3)c3ccncc3)cc2)cc1. The van der Waals surface area contributed by atoms with E-state index in [0.717, 1.165) is 28.4 Å². The number of hydrogen-bond acceptors (Lipinski definition) is 5. The molecule has 0 N–H and O–H groups in total. The molecule has 2 heterocycles. The molecule has 0 amide bonds. The minimum Gasteiger partial charge on any atom is -0.378 e. The Morgan fingerprint density at radius 1 is 0.500 bits per heavy atom. The molecule has 6 heteroatoms. The van der Waals surface area contributed by atoms with Crippen molar-refractivity contribution in [2.75, 3.05) is 27.0 Å². The van der Waals surface area contributed by atoms with E-state index < -0.39 is 0 Å². The van der Waals surface area contributed by atoms with Crippen molar-refractivity contribution in [3.05, 3.63) is 97.6 Å². The second kappa shape index (κ2) is 9.13. The highest BCUT2D eigenvalue weighted by Crippen LogP contribution is 2.36. The predicted octanol–water partition coefficient (Wildman–Crippen LogP) is 6.50. The van der Waals surface area contributed by atoms with Gasteiger partial charge in [0.15, 0.2) is 0 Å². The Kier molecular flexibility index (Phi) is 6.13. The van der Waals surface area contributed by atoms with E-state index in [-0.39, 0.29) is 0 Å². The summed E-state index contributed by atoms with van der Waals surface area (Å²) in [5.41, 5.74) is 6.60. The zero-order valence-corrected chi connectivity index (χ0v) is 19.0. The molecule has 4 rings (SSSR count). The Morgan fingerprint density at radius 3 is 1.23 bits per heavy atom. The molecule has 0 saturated heterocycles. The van der Waals surface area contributed by atoms with Crippen molar-refractivity contribution in [3.63, 3.8) is 0 Å². The van der Waals surface area contributed by atoms with Crippen molar-refractivity contribution in [1.82, 2.24) is 9.97 Å². The molecule has 2 aromatic carbocycles. The van der Waals surface area contributed by atoms with Gasteiger partial charge in [-0.2, -0.15) is 0 Å². The average Bonchev–Trinajstić information content (AvgIpc) is 2.81. The highest BCUT2D eigenvalue weighted by Gasteiger charge is 2.13. The Labute approximate surface area is 191 Å². The minimum absolute atomic E-state index is 1.05. The van der Waals surface area contributed by atoms with Gasteiger partial charge in [-0.05, 0) is 72.8 Å². The number of nitrogens with zero attached hydrogens (tertiary/aromatic N) is 5. The molecule has 5 nitrogen and oxygen atoms in total. The molecule has 0 unspecified atom stereocenters. The van der Waals surface area contributed by atoms with Crippen LogP contribution in [-0.4, -0.2) is 24.1 Å². The maximum absolute atomic E-state index is 4.15. The standard InChI is InChI=1S/C24H22IN5/c1-28(2)19-3-7-23(8-4-19)30(25)24-9-5-20(6-10-24)29(21-11-15-26-16-12-21)22-13-17-27-18-14-22/h3-18H,1-2H3. The fourth-order valence-electron chi connectivity index (χ4n) is 3.20. The van der Waals surface area contributed by atoms with Gasteiger partial charge in [-0.3, -0.25) is 13.1 Å². The van der Waals surface area contributed by atoms with Crippen molar-refractivity contribution in [3.8, 4) is 0 Å². The van der Waals surface area contributed by atoms with Gasteiger partial charge in [0.05, 0.1) is 34.2 Å². The fraction of sp³-hybridized carbons (Fsp3) is 0.0833. The monoisotopic (exact) mass is 507 g/mol. The quantitative estimate of drug-likeness (QED) is 0.220. The number of hydrogen-bond donors (Lipinski definition) is 0. The van der Waals surface area contributed by atoms with Crippen molar-refractivity contribution in [1.29, 1.82) is 0 Å². The van der Waals surface area contributed by atoms with Crippen LogP contribution in [0.3, 0.4) is 0 Å². The lowest BCUT2D eigenvalue weighted by atomic mass is 10.2. The Balaban J connectivity index is 1.63. The lowest BCUT2D eigenvalue weighted by Gasteiger charge is -2.26. The molecular formula is C24H22IN5. The van der Waals surface area contributed by atoms with Gasteiger partial charge in [-0.15, -0.1) is 0 Å². The van der Waals surface area contributed by atoms with Crippen LogP contribution in [0.4, 0.5) is 34.1 Å². The number of benzene rings is 2. The molecule has 0 radical (unpaired) electrons. The summed E-state index contributed by atoms with van der Waals surface area (Å²) in [6.45, 7) is 0. The molecule has 0 aliphatic carbocycles. The van der Waals surface area contributed by atoms with Crippen LogP contribution in [0.15, 0.2) is 97.6 Å². The molecule has 4 aromatic rings. The van der Waals surface area contributed by atoms with Crippen LogP contribution >= 0.6 is 22.9 Å². The molecule has 2 aromatic heterocycles. The summed E-state index contributed by atoms with van der Waals surface area (Å²) in [5.74, 6) is 0. The first kappa shape index (κ1) is 20.2. The summed E-state index contributed by atoms with van der Waals surface area (Å²) in [5, 5.41) is 0. The normalized spacial score (nSPS) is 10.5. The van der Waals surface area contributed by atoms with E-state index in [1.807, 2.05) is 63.1 Å². The Bertz CT molecular complexity index is 1030. The van der Waals surface area contributed by atoms with Gasteiger partial charge < -0.3 is 9.80 Å². The summed E-state index contributed by atoms with van der Waals surface area (Å²) in [4.78, 5) is 12.6. The molecular weight excluding hydrogens is 485 g/mol. The first-order valence-electron chi connectivity index (χ1n) is 9.57. The number of rotatable bonds is 6. The molecule has 0 saturated carbocycles. The van der Waals surface area contributed by atoms with E-state index in [2.05, 4.69) is 94.3 Å². The van der Waals surface area contributed by atoms with E-state index in [0.29, 0.717) is 0 Å². The van der Waals surface area contributed by atoms with Crippen molar-refractivity contribution in [2.45, 2.75) is 0 Å². The third-order valence-corrected chi connectivity index (χ3v) is 5.88. The third kappa shape index (κ3) is 4.38. The maximum Gasteiger partial charge on any atom is 0.0646 e. The molecule has 0 fully saturated rings. The highest BCUT2D eigenvalue weighted by atomic mass is 127. The second-order valence-corrected chi connectivity index (χ2v) is 7.92. The molecule has 0 aliphatic rings. The summed E-state index contributed by atoms with van der Waals surface area (Å²) in [6.07, 6.45) is 7.23. The highest BCUT2D eigenvalue weighted by molar-refractivity contribution is 14.1. The van der Waals surface area contributed by atoms with Crippen molar-refractivity contribution >= 4 is 57.0 Å². The Morgan fingerprint density at radius 2 is 0.833 bits per heavy atom. The van der Waals surface area contributed by atoms with Crippen molar-refractivity contribution in [2.24, 2.45) is 0 Å². The fourth-order valence-corrected chi connectivity index (χ4v) is 3.84. The van der Waals surface area contributed by atoms with Gasteiger partial charge in [-0.25, -0.2) is 0 Å². The molecule has 0 bridgehead atoms. The van der Waals surface area contributed by atoms with Gasteiger partial charge in [0.1, 0.15) is 0 Å². The van der Waals surface area contributed by atoms with Crippen LogP contribution in [0.1, 0.15) is 0 Å². The number of anilines is 6. The van der Waals surface area contributed by atoms with E-state index >= 15 is 0 Å². The molecule has 0 aliphatic heterocycles. The lowest BCUT2D eigenvalue weighted by Crippen LogP contribution is -2.10. The van der Waals surface area contributed by atoms with E-state index in [4.69, 9.17) is 0 Å². The number of halogens is 1. The van der Waals surface area contributed by atoms with Gasteiger partial charge in [0, 0.05) is 61.6 Å². The largest absolute Gasteiger partial charge is 0.378 e. The first-order valence-corrected chi connectivity index (χ1v) is 10.5. The molecule has 0 atom stereocenters. The van der Waals surface area contributed by atoms with Crippen LogP contribution in [0.2, 0.25) is 0 Å². The molecule has 0 spiro atoms. The third-order valence-electron chi connectivity index (χ3n) is 4.77. The van der Waals surface area contributed by atoms with Gasteiger partial charge in [0.25, 0.3) is 0 Å².